The first-order chi connectivity index (χ1) is 8.24. The Kier molecular flexibility index (Phi) is 3.45. The second-order valence-electron chi connectivity index (χ2n) is 3.81. The van der Waals surface area contributed by atoms with Crippen LogP contribution in [0.15, 0.2) is 42.9 Å². The Hall–Kier alpha value is -2.23. The summed E-state index contributed by atoms with van der Waals surface area (Å²) in [7, 11) is 0. The Morgan fingerprint density at radius 1 is 1.29 bits per heavy atom. The molecule has 0 atom stereocenters. The summed E-state index contributed by atoms with van der Waals surface area (Å²) in [6, 6.07) is 7.38. The van der Waals surface area contributed by atoms with Crippen LogP contribution in [0.5, 0.6) is 0 Å². The van der Waals surface area contributed by atoms with Gasteiger partial charge in [-0.05, 0) is 30.2 Å². The van der Waals surface area contributed by atoms with Crippen molar-refractivity contribution in [2.45, 2.75) is 13.3 Å². The van der Waals surface area contributed by atoms with E-state index in [-0.39, 0.29) is 5.91 Å². The Bertz CT molecular complexity index is 494. The third-order valence-corrected chi connectivity index (χ3v) is 2.27. The van der Waals surface area contributed by atoms with E-state index in [1.54, 1.807) is 24.7 Å². The topological polar surface area (TPSA) is 54.9 Å². The van der Waals surface area contributed by atoms with Crippen LogP contribution in [-0.4, -0.2) is 15.9 Å². The van der Waals surface area contributed by atoms with Crippen LogP contribution < -0.4 is 5.32 Å². The van der Waals surface area contributed by atoms with E-state index in [0.717, 1.165) is 11.1 Å². The van der Waals surface area contributed by atoms with Gasteiger partial charge in [0.25, 0.3) is 0 Å². The van der Waals surface area contributed by atoms with E-state index in [0.29, 0.717) is 12.2 Å². The van der Waals surface area contributed by atoms with Crippen molar-refractivity contribution in [3.8, 4) is 0 Å². The number of hydrogen-bond acceptors (Lipinski definition) is 3. The summed E-state index contributed by atoms with van der Waals surface area (Å²) in [4.78, 5) is 19.8. The van der Waals surface area contributed by atoms with E-state index < -0.39 is 0 Å². The zero-order chi connectivity index (χ0) is 12.1. The molecule has 4 nitrogen and oxygen atoms in total. The molecule has 0 aliphatic heterocycles. The maximum Gasteiger partial charge on any atom is 0.230 e. The zero-order valence-corrected chi connectivity index (χ0v) is 9.55. The van der Waals surface area contributed by atoms with Gasteiger partial charge in [-0.2, -0.15) is 0 Å². The van der Waals surface area contributed by atoms with Gasteiger partial charge in [-0.15, -0.1) is 0 Å². The first-order valence-corrected chi connectivity index (χ1v) is 5.35. The Morgan fingerprint density at radius 2 is 2.18 bits per heavy atom. The predicted molar refractivity (Wildman–Crippen MR) is 65.5 cm³/mol. The maximum absolute atomic E-state index is 11.7. The number of amides is 1. The summed E-state index contributed by atoms with van der Waals surface area (Å²) >= 11 is 0. The third kappa shape index (κ3) is 3.38. The molecular weight excluding hydrogens is 214 g/mol. The number of carbonyl (C=O) groups is 1. The molecule has 0 aromatic carbocycles. The minimum absolute atomic E-state index is 0.0886. The normalized spacial score (nSPS) is 9.94. The van der Waals surface area contributed by atoms with Crippen LogP contribution in [0.1, 0.15) is 11.1 Å². The lowest BCUT2D eigenvalue weighted by molar-refractivity contribution is -0.115. The van der Waals surface area contributed by atoms with Gasteiger partial charge in [0, 0.05) is 18.6 Å². The second kappa shape index (κ2) is 5.21. The van der Waals surface area contributed by atoms with Gasteiger partial charge in [0.15, 0.2) is 0 Å². The van der Waals surface area contributed by atoms with E-state index in [1.807, 2.05) is 25.1 Å². The summed E-state index contributed by atoms with van der Waals surface area (Å²) in [6.45, 7) is 1.95. The van der Waals surface area contributed by atoms with E-state index in [4.69, 9.17) is 0 Å². The highest BCUT2D eigenvalue weighted by molar-refractivity contribution is 5.91. The monoisotopic (exact) mass is 227 g/mol. The number of rotatable bonds is 3. The Labute approximate surface area is 99.7 Å². The molecule has 0 unspecified atom stereocenters. The predicted octanol–water partition coefficient (Wildman–Crippen LogP) is 1.97. The Balaban J connectivity index is 1.96. The fourth-order valence-electron chi connectivity index (χ4n) is 1.42. The van der Waals surface area contributed by atoms with E-state index >= 15 is 0 Å². The fourth-order valence-corrected chi connectivity index (χ4v) is 1.42. The SMILES string of the molecule is Cc1ccc(NC(=O)Cc2cccnc2)nc1. The van der Waals surface area contributed by atoms with Gasteiger partial charge >= 0.3 is 0 Å². The number of aryl methyl sites for hydroxylation is 1. The van der Waals surface area contributed by atoms with Gasteiger partial charge in [0.1, 0.15) is 5.82 Å². The molecule has 1 N–H and O–H groups in total. The molecule has 86 valence electrons. The molecule has 0 aliphatic rings. The molecule has 2 aromatic rings. The lowest BCUT2D eigenvalue weighted by Gasteiger charge is -2.04. The van der Waals surface area contributed by atoms with Crippen LogP contribution in [0.25, 0.3) is 0 Å². The number of nitrogens with zero attached hydrogens (tertiary/aromatic N) is 2. The van der Waals surface area contributed by atoms with Crippen molar-refractivity contribution in [2.24, 2.45) is 0 Å². The van der Waals surface area contributed by atoms with Gasteiger partial charge in [-0.3, -0.25) is 9.78 Å². The molecule has 0 aliphatic carbocycles. The van der Waals surface area contributed by atoms with E-state index in [1.165, 1.54) is 0 Å². The van der Waals surface area contributed by atoms with Crippen molar-refractivity contribution in [3.05, 3.63) is 54.0 Å². The largest absolute Gasteiger partial charge is 0.310 e. The molecule has 0 saturated heterocycles. The smallest absolute Gasteiger partial charge is 0.230 e. The summed E-state index contributed by atoms with van der Waals surface area (Å²) in [5.74, 6) is 0.485. The average Bonchev–Trinajstić information content (AvgIpc) is 2.33. The fraction of sp³-hybridized carbons (Fsp3) is 0.154. The average molecular weight is 227 g/mol. The summed E-state index contributed by atoms with van der Waals surface area (Å²) < 4.78 is 0. The third-order valence-electron chi connectivity index (χ3n) is 2.27. The van der Waals surface area contributed by atoms with Gasteiger partial charge < -0.3 is 5.32 Å². The highest BCUT2D eigenvalue weighted by Gasteiger charge is 2.04. The molecule has 2 heterocycles. The van der Waals surface area contributed by atoms with Crippen molar-refractivity contribution in [1.29, 1.82) is 0 Å². The van der Waals surface area contributed by atoms with Crippen LogP contribution >= 0.6 is 0 Å². The van der Waals surface area contributed by atoms with E-state index in [2.05, 4.69) is 15.3 Å². The molecule has 2 rings (SSSR count). The standard InChI is InChI=1S/C13H13N3O/c1-10-4-5-12(15-8-10)16-13(17)7-11-3-2-6-14-9-11/h2-6,8-9H,7H2,1H3,(H,15,16,17). The molecule has 0 radical (unpaired) electrons. The molecular formula is C13H13N3O. The van der Waals surface area contributed by atoms with Gasteiger partial charge in [-0.25, -0.2) is 4.98 Å². The quantitative estimate of drug-likeness (QED) is 0.872. The molecule has 0 saturated carbocycles. The lowest BCUT2D eigenvalue weighted by atomic mass is 10.2. The number of carbonyl (C=O) groups excluding carboxylic acids is 1. The van der Waals surface area contributed by atoms with Crippen LogP contribution in [0, 0.1) is 6.92 Å². The number of hydrogen-bond donors (Lipinski definition) is 1. The van der Waals surface area contributed by atoms with Crippen molar-refractivity contribution >= 4 is 11.7 Å². The summed E-state index contributed by atoms with van der Waals surface area (Å²) in [5, 5.41) is 2.74. The lowest BCUT2D eigenvalue weighted by Crippen LogP contribution is -2.15. The first kappa shape index (κ1) is 11.3. The molecule has 0 fully saturated rings. The van der Waals surface area contributed by atoms with Crippen molar-refractivity contribution < 1.29 is 4.79 Å². The minimum Gasteiger partial charge on any atom is -0.310 e. The highest BCUT2D eigenvalue weighted by atomic mass is 16.1. The van der Waals surface area contributed by atoms with Crippen molar-refractivity contribution in [2.75, 3.05) is 5.32 Å². The minimum atomic E-state index is -0.0886. The van der Waals surface area contributed by atoms with Crippen LogP contribution in [-0.2, 0) is 11.2 Å². The number of aromatic nitrogens is 2. The molecule has 4 heteroatoms. The molecule has 2 aromatic heterocycles. The number of anilines is 1. The zero-order valence-electron chi connectivity index (χ0n) is 9.55. The van der Waals surface area contributed by atoms with Crippen LogP contribution in [0.2, 0.25) is 0 Å². The summed E-state index contributed by atoms with van der Waals surface area (Å²) in [6.07, 6.45) is 5.40. The molecule has 1 amide bonds. The summed E-state index contributed by atoms with van der Waals surface area (Å²) in [5.41, 5.74) is 1.95. The van der Waals surface area contributed by atoms with Crippen LogP contribution in [0.3, 0.4) is 0 Å². The van der Waals surface area contributed by atoms with Gasteiger partial charge in [-0.1, -0.05) is 12.1 Å². The van der Waals surface area contributed by atoms with Gasteiger partial charge in [0.05, 0.1) is 6.42 Å². The van der Waals surface area contributed by atoms with Crippen LogP contribution in [0.4, 0.5) is 5.82 Å². The second-order valence-corrected chi connectivity index (χ2v) is 3.81. The highest BCUT2D eigenvalue weighted by Crippen LogP contribution is 2.05. The first-order valence-electron chi connectivity index (χ1n) is 5.35. The van der Waals surface area contributed by atoms with E-state index in [9.17, 15) is 4.79 Å². The molecule has 17 heavy (non-hydrogen) atoms. The van der Waals surface area contributed by atoms with Crippen molar-refractivity contribution in [1.82, 2.24) is 9.97 Å². The van der Waals surface area contributed by atoms with Crippen molar-refractivity contribution in [3.63, 3.8) is 0 Å². The number of nitrogens with one attached hydrogen (secondary N) is 1. The van der Waals surface area contributed by atoms with Gasteiger partial charge in [0.2, 0.25) is 5.91 Å². The maximum atomic E-state index is 11.7. The Morgan fingerprint density at radius 3 is 2.82 bits per heavy atom. The number of pyridine rings is 2. The molecule has 0 spiro atoms. The molecule has 0 bridgehead atoms.